The summed E-state index contributed by atoms with van der Waals surface area (Å²) in [6, 6.07) is 5.59. The lowest BCUT2D eigenvalue weighted by Crippen LogP contribution is -2.18. The molecular weight excluding hydrogens is 238 g/mol. The average Bonchev–Trinajstić information content (AvgIpc) is 2.58. The number of rotatable bonds is 2. The molecule has 1 aromatic carbocycles. The van der Waals surface area contributed by atoms with Crippen LogP contribution < -0.4 is 10.1 Å². The van der Waals surface area contributed by atoms with Crippen LogP contribution in [0.3, 0.4) is 0 Å². The lowest BCUT2D eigenvalue weighted by atomic mass is 10.1. The van der Waals surface area contributed by atoms with Gasteiger partial charge in [-0.3, -0.25) is 10.1 Å². The van der Waals surface area contributed by atoms with Gasteiger partial charge in [0.25, 0.3) is 11.1 Å². The van der Waals surface area contributed by atoms with Gasteiger partial charge >= 0.3 is 0 Å². The fourth-order valence-electron chi connectivity index (χ4n) is 1.56. The van der Waals surface area contributed by atoms with Gasteiger partial charge < -0.3 is 9.47 Å². The molecule has 2 rings (SSSR count). The fraction of sp³-hybridized carbons (Fsp3) is 0.167. The maximum absolute atomic E-state index is 11.4. The molecule has 0 unspecified atom stereocenters. The van der Waals surface area contributed by atoms with E-state index >= 15 is 0 Å². The molecule has 0 radical (unpaired) electrons. The number of thiocarbonyl (C=S) groups is 1. The Labute approximate surface area is 104 Å². The highest BCUT2D eigenvalue weighted by atomic mass is 32.1. The van der Waals surface area contributed by atoms with Crippen molar-refractivity contribution in [3.05, 3.63) is 35.1 Å². The minimum Gasteiger partial charge on any atom is -0.496 e. The zero-order chi connectivity index (χ0) is 12.4. The molecule has 0 aliphatic carbocycles. The molecule has 1 fully saturated rings. The van der Waals surface area contributed by atoms with E-state index in [0.717, 1.165) is 16.9 Å². The lowest BCUT2D eigenvalue weighted by Gasteiger charge is -2.04. The van der Waals surface area contributed by atoms with Crippen LogP contribution in [0, 0.1) is 6.92 Å². The summed E-state index contributed by atoms with van der Waals surface area (Å²) in [7, 11) is 1.62. The van der Waals surface area contributed by atoms with Crippen LogP contribution in [-0.2, 0) is 9.53 Å². The number of nitrogens with one attached hydrogen (secondary N) is 1. The molecule has 0 saturated carbocycles. The Morgan fingerprint density at radius 2 is 2.24 bits per heavy atom. The summed E-state index contributed by atoms with van der Waals surface area (Å²) < 4.78 is 10.2. The number of carbonyl (C=O) groups is 1. The number of carbonyl (C=O) groups excluding carboxylic acids is 1. The highest BCUT2D eigenvalue weighted by Gasteiger charge is 2.22. The van der Waals surface area contributed by atoms with Gasteiger partial charge in [-0.05, 0) is 48.5 Å². The average molecular weight is 249 g/mol. The maximum Gasteiger partial charge on any atom is 0.294 e. The van der Waals surface area contributed by atoms with Crippen LogP contribution in [0.5, 0.6) is 5.75 Å². The Hall–Kier alpha value is -1.88. The number of benzene rings is 1. The molecule has 1 N–H and O–H groups in total. The molecule has 4 nitrogen and oxygen atoms in total. The molecule has 1 saturated heterocycles. The van der Waals surface area contributed by atoms with E-state index in [4.69, 9.17) is 21.7 Å². The normalized spacial score (nSPS) is 16.9. The molecule has 0 aromatic heterocycles. The summed E-state index contributed by atoms with van der Waals surface area (Å²) in [6.07, 6.45) is 1.64. The van der Waals surface area contributed by atoms with E-state index in [1.807, 2.05) is 25.1 Å². The van der Waals surface area contributed by atoms with Crippen LogP contribution in [0.25, 0.3) is 6.08 Å². The molecule has 1 amide bonds. The molecule has 1 aliphatic rings. The molecule has 1 aliphatic heterocycles. The zero-order valence-corrected chi connectivity index (χ0v) is 10.3. The van der Waals surface area contributed by atoms with Gasteiger partial charge in [-0.25, -0.2) is 0 Å². The smallest absolute Gasteiger partial charge is 0.294 e. The predicted octanol–water partition coefficient (Wildman–Crippen LogP) is 1.78. The lowest BCUT2D eigenvalue weighted by molar-refractivity contribution is -0.116. The summed E-state index contributed by atoms with van der Waals surface area (Å²) in [5.41, 5.74) is 1.85. The third-order valence-corrected chi connectivity index (χ3v) is 2.54. The summed E-state index contributed by atoms with van der Waals surface area (Å²) in [4.78, 5) is 11.4. The second-order valence-corrected chi connectivity index (χ2v) is 3.95. The van der Waals surface area contributed by atoms with Gasteiger partial charge in [-0.2, -0.15) is 0 Å². The maximum atomic E-state index is 11.4. The molecule has 88 valence electrons. The van der Waals surface area contributed by atoms with Crippen molar-refractivity contribution in [1.29, 1.82) is 0 Å². The van der Waals surface area contributed by atoms with Crippen molar-refractivity contribution in [3.8, 4) is 5.75 Å². The Morgan fingerprint density at radius 1 is 1.47 bits per heavy atom. The van der Waals surface area contributed by atoms with Gasteiger partial charge in [-0.15, -0.1) is 0 Å². The van der Waals surface area contributed by atoms with Gasteiger partial charge in [0.2, 0.25) is 0 Å². The summed E-state index contributed by atoms with van der Waals surface area (Å²) in [5, 5.41) is 2.49. The van der Waals surface area contributed by atoms with Crippen molar-refractivity contribution < 1.29 is 14.3 Å². The largest absolute Gasteiger partial charge is 0.496 e. The van der Waals surface area contributed by atoms with Crippen LogP contribution in [0.4, 0.5) is 0 Å². The Morgan fingerprint density at radius 3 is 2.76 bits per heavy atom. The van der Waals surface area contributed by atoms with Gasteiger partial charge in [0.15, 0.2) is 5.76 Å². The third kappa shape index (κ3) is 2.45. The van der Waals surface area contributed by atoms with E-state index in [9.17, 15) is 4.79 Å². The Bertz CT molecular complexity index is 522. The Balaban J connectivity index is 2.30. The van der Waals surface area contributed by atoms with Crippen molar-refractivity contribution in [1.82, 2.24) is 5.32 Å². The molecule has 0 spiro atoms. The topological polar surface area (TPSA) is 47.6 Å². The number of hydrogen-bond donors (Lipinski definition) is 1. The van der Waals surface area contributed by atoms with Gasteiger partial charge in [0, 0.05) is 0 Å². The number of hydrogen-bond acceptors (Lipinski definition) is 4. The highest BCUT2D eigenvalue weighted by Crippen LogP contribution is 2.21. The number of aryl methyl sites for hydroxylation is 1. The molecule has 1 aromatic rings. The van der Waals surface area contributed by atoms with Crippen LogP contribution in [0.15, 0.2) is 24.0 Å². The summed E-state index contributed by atoms with van der Waals surface area (Å²) >= 11 is 4.74. The van der Waals surface area contributed by atoms with E-state index < -0.39 is 0 Å². The second-order valence-electron chi connectivity index (χ2n) is 3.58. The first-order valence-corrected chi connectivity index (χ1v) is 5.40. The van der Waals surface area contributed by atoms with Crippen LogP contribution in [0.1, 0.15) is 11.1 Å². The number of amides is 1. The van der Waals surface area contributed by atoms with Crippen LogP contribution in [0.2, 0.25) is 0 Å². The van der Waals surface area contributed by atoms with Crippen molar-refractivity contribution >= 4 is 29.4 Å². The molecule has 0 atom stereocenters. The standard InChI is InChI=1S/C12H11NO3S/c1-7-5-8(3-4-9(7)15-2)6-10-11(14)13-12(17)16-10/h3-6H,1-2H3,(H,13,14,17)/b10-6-. The number of methoxy groups -OCH3 is 1. The van der Waals surface area contributed by atoms with E-state index in [1.165, 1.54) is 0 Å². The van der Waals surface area contributed by atoms with Gasteiger partial charge in [0.1, 0.15) is 5.75 Å². The third-order valence-electron chi connectivity index (χ3n) is 2.36. The van der Waals surface area contributed by atoms with Gasteiger partial charge in [-0.1, -0.05) is 6.07 Å². The highest BCUT2D eigenvalue weighted by molar-refractivity contribution is 7.80. The molecular formula is C12H11NO3S. The molecule has 0 bridgehead atoms. The summed E-state index contributed by atoms with van der Waals surface area (Å²) in [5.74, 6) is 0.697. The van der Waals surface area contributed by atoms with E-state index in [0.29, 0.717) is 0 Å². The van der Waals surface area contributed by atoms with Crippen LogP contribution >= 0.6 is 12.2 Å². The van der Waals surface area contributed by atoms with E-state index in [1.54, 1.807) is 13.2 Å². The van der Waals surface area contributed by atoms with Crippen LogP contribution in [-0.4, -0.2) is 18.2 Å². The number of ether oxygens (including phenoxy) is 2. The molecule has 17 heavy (non-hydrogen) atoms. The zero-order valence-electron chi connectivity index (χ0n) is 9.44. The monoisotopic (exact) mass is 249 g/mol. The molecule has 5 heteroatoms. The first kappa shape index (κ1) is 11.6. The van der Waals surface area contributed by atoms with Crippen molar-refractivity contribution in [2.75, 3.05) is 7.11 Å². The second kappa shape index (κ2) is 4.55. The summed E-state index contributed by atoms with van der Waals surface area (Å²) in [6.45, 7) is 1.93. The van der Waals surface area contributed by atoms with Crippen molar-refractivity contribution in [2.24, 2.45) is 0 Å². The molecule has 1 heterocycles. The minimum absolute atomic E-state index is 0.0893. The first-order valence-electron chi connectivity index (χ1n) is 4.99. The predicted molar refractivity (Wildman–Crippen MR) is 67.5 cm³/mol. The van der Waals surface area contributed by atoms with E-state index in [2.05, 4.69) is 5.32 Å². The van der Waals surface area contributed by atoms with Crippen molar-refractivity contribution in [3.63, 3.8) is 0 Å². The first-order chi connectivity index (χ1) is 8.10. The minimum atomic E-state index is -0.316. The Kier molecular flexibility index (Phi) is 3.10. The van der Waals surface area contributed by atoms with Gasteiger partial charge in [0.05, 0.1) is 7.11 Å². The van der Waals surface area contributed by atoms with E-state index in [-0.39, 0.29) is 16.8 Å². The quantitative estimate of drug-likeness (QED) is 0.641. The fourth-order valence-corrected chi connectivity index (χ4v) is 1.75. The van der Waals surface area contributed by atoms with Crippen molar-refractivity contribution in [2.45, 2.75) is 6.92 Å². The SMILES string of the molecule is COc1ccc(/C=C2\OC(=S)NC2=O)cc1C.